The van der Waals surface area contributed by atoms with Crippen molar-refractivity contribution in [2.24, 2.45) is 0 Å². The molecule has 7 heteroatoms. The van der Waals surface area contributed by atoms with Gasteiger partial charge in [0.15, 0.2) is 5.79 Å². The summed E-state index contributed by atoms with van der Waals surface area (Å²) in [5.41, 5.74) is 0.535. The van der Waals surface area contributed by atoms with Gasteiger partial charge in [0.05, 0.1) is 6.42 Å². The van der Waals surface area contributed by atoms with Crippen LogP contribution in [0.5, 0.6) is 5.75 Å². The Balaban J connectivity index is 1.88. The van der Waals surface area contributed by atoms with Gasteiger partial charge in [-0.15, -0.1) is 0 Å². The number of ether oxygens (including phenoxy) is 3. The Hall–Kier alpha value is -2.12. The Kier molecular flexibility index (Phi) is 7.41. The molecule has 0 saturated heterocycles. The average Bonchev–Trinajstić information content (AvgIpc) is 2.62. The van der Waals surface area contributed by atoms with E-state index >= 15 is 0 Å². The van der Waals surface area contributed by atoms with Crippen molar-refractivity contribution < 1.29 is 23.8 Å². The molecule has 0 spiro atoms. The summed E-state index contributed by atoms with van der Waals surface area (Å²) in [6.07, 6.45) is 5.04. The van der Waals surface area contributed by atoms with Crippen molar-refractivity contribution in [3.05, 3.63) is 24.3 Å². The highest BCUT2D eigenvalue weighted by Gasteiger charge is 2.26. The number of nitrogens with one attached hydrogen (secondary N) is 2. The number of carbonyl (C=O) groups is 2. The van der Waals surface area contributed by atoms with Crippen LogP contribution in [0.2, 0.25) is 0 Å². The summed E-state index contributed by atoms with van der Waals surface area (Å²) < 4.78 is 15.7. The Bertz CT molecular complexity index is 610. The molecule has 0 heterocycles. The van der Waals surface area contributed by atoms with Crippen LogP contribution in [0, 0.1) is 0 Å². The fraction of sp³-hybridized carbons (Fsp3) is 0.579. The SMILES string of the molecule is COC(C)(CC(=O)Nc1cccc(OC(=O)NC2CCCCC2)c1)OC. The first-order valence-corrected chi connectivity index (χ1v) is 8.92. The molecule has 1 aliphatic carbocycles. The quantitative estimate of drug-likeness (QED) is 0.724. The molecule has 2 amide bonds. The monoisotopic (exact) mass is 364 g/mol. The van der Waals surface area contributed by atoms with E-state index in [0.29, 0.717) is 11.4 Å². The number of anilines is 1. The Morgan fingerprint density at radius 1 is 1.15 bits per heavy atom. The Morgan fingerprint density at radius 3 is 2.50 bits per heavy atom. The Labute approximate surface area is 154 Å². The van der Waals surface area contributed by atoms with E-state index in [1.165, 1.54) is 20.6 Å². The summed E-state index contributed by atoms with van der Waals surface area (Å²) in [6, 6.07) is 6.89. The molecule has 2 rings (SSSR count). The molecule has 0 unspecified atom stereocenters. The molecule has 1 aliphatic rings. The Morgan fingerprint density at radius 2 is 1.85 bits per heavy atom. The molecular formula is C19H28N2O5. The van der Waals surface area contributed by atoms with E-state index in [9.17, 15) is 9.59 Å². The highest BCUT2D eigenvalue weighted by atomic mass is 16.7. The first-order chi connectivity index (χ1) is 12.4. The van der Waals surface area contributed by atoms with Crippen LogP contribution in [0.1, 0.15) is 45.4 Å². The summed E-state index contributed by atoms with van der Waals surface area (Å²) in [6.45, 7) is 1.68. The topological polar surface area (TPSA) is 85.9 Å². The minimum Gasteiger partial charge on any atom is -0.410 e. The van der Waals surface area contributed by atoms with Crippen molar-refractivity contribution in [3.63, 3.8) is 0 Å². The van der Waals surface area contributed by atoms with E-state index in [1.54, 1.807) is 31.2 Å². The normalized spacial score (nSPS) is 15.3. The van der Waals surface area contributed by atoms with Crippen molar-refractivity contribution in [1.82, 2.24) is 5.32 Å². The lowest BCUT2D eigenvalue weighted by atomic mass is 9.96. The molecule has 0 radical (unpaired) electrons. The lowest BCUT2D eigenvalue weighted by Crippen LogP contribution is -2.38. The van der Waals surface area contributed by atoms with Crippen molar-refractivity contribution in [1.29, 1.82) is 0 Å². The van der Waals surface area contributed by atoms with E-state index in [-0.39, 0.29) is 18.4 Å². The molecule has 1 aromatic rings. The molecule has 0 aromatic heterocycles. The number of hydrogen-bond donors (Lipinski definition) is 2. The van der Waals surface area contributed by atoms with Gasteiger partial charge in [-0.3, -0.25) is 4.79 Å². The lowest BCUT2D eigenvalue weighted by molar-refractivity contribution is -0.196. The van der Waals surface area contributed by atoms with Crippen molar-refractivity contribution in [2.75, 3.05) is 19.5 Å². The highest BCUT2D eigenvalue weighted by molar-refractivity contribution is 5.91. The van der Waals surface area contributed by atoms with Crippen LogP contribution in [0.4, 0.5) is 10.5 Å². The number of benzene rings is 1. The van der Waals surface area contributed by atoms with Crippen molar-refractivity contribution >= 4 is 17.7 Å². The van der Waals surface area contributed by atoms with Gasteiger partial charge < -0.3 is 24.8 Å². The van der Waals surface area contributed by atoms with Crippen molar-refractivity contribution in [3.8, 4) is 5.75 Å². The fourth-order valence-corrected chi connectivity index (χ4v) is 2.91. The molecule has 0 aliphatic heterocycles. The van der Waals surface area contributed by atoms with Crippen molar-refractivity contribution in [2.45, 2.75) is 57.3 Å². The first kappa shape index (κ1) is 20.2. The molecule has 0 atom stereocenters. The van der Waals surface area contributed by atoms with E-state index < -0.39 is 11.9 Å². The summed E-state index contributed by atoms with van der Waals surface area (Å²) >= 11 is 0. The van der Waals surface area contributed by atoms with Crippen LogP contribution < -0.4 is 15.4 Å². The molecular weight excluding hydrogens is 336 g/mol. The van der Waals surface area contributed by atoms with Gasteiger partial charge in [0.25, 0.3) is 0 Å². The molecule has 26 heavy (non-hydrogen) atoms. The van der Waals surface area contributed by atoms with Gasteiger partial charge in [-0.05, 0) is 31.9 Å². The number of carbonyl (C=O) groups excluding carboxylic acids is 2. The fourth-order valence-electron chi connectivity index (χ4n) is 2.91. The van der Waals surface area contributed by atoms with Gasteiger partial charge in [-0.1, -0.05) is 25.3 Å². The first-order valence-electron chi connectivity index (χ1n) is 8.92. The second kappa shape index (κ2) is 9.54. The van der Waals surface area contributed by atoms with Gasteiger partial charge in [-0.25, -0.2) is 4.79 Å². The third kappa shape index (κ3) is 6.31. The summed E-state index contributed by atoms with van der Waals surface area (Å²) in [7, 11) is 2.96. The zero-order valence-corrected chi connectivity index (χ0v) is 15.7. The van der Waals surface area contributed by atoms with Crippen LogP contribution in [0.25, 0.3) is 0 Å². The minimum atomic E-state index is -0.988. The third-order valence-corrected chi connectivity index (χ3v) is 4.60. The second-order valence-corrected chi connectivity index (χ2v) is 6.66. The number of amides is 2. The molecule has 7 nitrogen and oxygen atoms in total. The molecule has 2 N–H and O–H groups in total. The second-order valence-electron chi connectivity index (χ2n) is 6.66. The zero-order chi connectivity index (χ0) is 19.0. The molecule has 144 valence electrons. The van der Waals surface area contributed by atoms with E-state index in [0.717, 1.165) is 25.7 Å². The maximum absolute atomic E-state index is 12.2. The summed E-state index contributed by atoms with van der Waals surface area (Å²) in [5.74, 6) is -0.879. The van der Waals surface area contributed by atoms with Gasteiger partial charge in [-0.2, -0.15) is 0 Å². The zero-order valence-electron chi connectivity index (χ0n) is 15.7. The molecule has 1 fully saturated rings. The van der Waals surface area contributed by atoms with Gasteiger partial charge >= 0.3 is 6.09 Å². The number of methoxy groups -OCH3 is 2. The van der Waals surface area contributed by atoms with Gasteiger partial charge in [0.1, 0.15) is 5.75 Å². The van der Waals surface area contributed by atoms with Crippen LogP contribution in [-0.2, 0) is 14.3 Å². The van der Waals surface area contributed by atoms with Crippen LogP contribution in [0.3, 0.4) is 0 Å². The van der Waals surface area contributed by atoms with Crippen LogP contribution >= 0.6 is 0 Å². The van der Waals surface area contributed by atoms with E-state index in [1.807, 2.05) is 0 Å². The van der Waals surface area contributed by atoms with Gasteiger partial charge in [0.2, 0.25) is 5.91 Å². The average molecular weight is 364 g/mol. The molecule has 1 saturated carbocycles. The molecule has 1 aromatic carbocycles. The molecule has 0 bridgehead atoms. The summed E-state index contributed by atoms with van der Waals surface area (Å²) in [4.78, 5) is 24.2. The maximum Gasteiger partial charge on any atom is 0.412 e. The van der Waals surface area contributed by atoms with Crippen LogP contribution in [-0.4, -0.2) is 38.0 Å². The highest BCUT2D eigenvalue weighted by Crippen LogP contribution is 2.21. The lowest BCUT2D eigenvalue weighted by Gasteiger charge is -2.25. The number of hydrogen-bond acceptors (Lipinski definition) is 5. The standard InChI is InChI=1S/C19H28N2O5/c1-19(24-2,25-3)13-17(22)20-15-10-7-11-16(12-15)26-18(23)21-14-8-5-4-6-9-14/h7,10-12,14H,4-6,8-9,13H2,1-3H3,(H,20,22)(H,21,23). The predicted octanol–water partition coefficient (Wildman–Crippen LogP) is 3.45. The van der Waals surface area contributed by atoms with Crippen LogP contribution in [0.15, 0.2) is 24.3 Å². The predicted molar refractivity (Wildman–Crippen MR) is 98.1 cm³/mol. The number of rotatable bonds is 7. The maximum atomic E-state index is 12.2. The summed E-state index contributed by atoms with van der Waals surface area (Å²) in [5, 5.41) is 5.64. The third-order valence-electron chi connectivity index (χ3n) is 4.60. The largest absolute Gasteiger partial charge is 0.412 e. The van der Waals surface area contributed by atoms with E-state index in [4.69, 9.17) is 14.2 Å². The minimum absolute atomic E-state index is 0.0350. The van der Waals surface area contributed by atoms with E-state index in [2.05, 4.69) is 10.6 Å². The van der Waals surface area contributed by atoms with Gasteiger partial charge in [0, 0.05) is 32.0 Å². The smallest absolute Gasteiger partial charge is 0.410 e.